The van der Waals surface area contributed by atoms with E-state index in [0.29, 0.717) is 5.02 Å². The fourth-order valence-corrected chi connectivity index (χ4v) is 0.754. The van der Waals surface area contributed by atoms with Crippen molar-refractivity contribution in [3.63, 3.8) is 0 Å². The number of carboxylic acid groups (broad SMARTS) is 1. The zero-order chi connectivity index (χ0) is 11.6. The van der Waals surface area contributed by atoms with E-state index in [2.05, 4.69) is 0 Å². The van der Waals surface area contributed by atoms with Crippen LogP contribution in [0.15, 0.2) is 24.3 Å². The van der Waals surface area contributed by atoms with Crippen LogP contribution in [0.3, 0.4) is 0 Å². The van der Waals surface area contributed by atoms with Crippen LogP contribution < -0.4 is 5.31 Å². The van der Waals surface area contributed by atoms with Crippen molar-refractivity contribution >= 4 is 23.3 Å². The maximum atomic E-state index is 10.5. The Hall–Kier alpha value is -1.22. The van der Waals surface area contributed by atoms with E-state index in [-0.39, 0.29) is 11.0 Å². The Bertz CT molecular complexity index is 369. The third kappa shape index (κ3) is 2.80. The summed E-state index contributed by atoms with van der Waals surface area (Å²) in [6, 6.07) is 5.65. The summed E-state index contributed by atoms with van der Waals surface area (Å²) in [5, 5.41) is 9.28. The molecule has 0 aliphatic rings. The van der Waals surface area contributed by atoms with Gasteiger partial charge in [0.1, 0.15) is 6.50 Å². The smallest absolute Gasteiger partial charge is 0.322 e. The minimum absolute atomic E-state index is 0.117. The van der Waals surface area contributed by atoms with Crippen molar-refractivity contribution in [2.75, 3.05) is 11.8 Å². The molecule has 0 atom stereocenters. The van der Waals surface area contributed by atoms with E-state index in [1.165, 1.54) is 24.3 Å². The Morgan fingerprint density at radius 2 is 2.25 bits per heavy atom. The monoisotopic (exact) mass is 188 g/mol. The van der Waals surface area contributed by atoms with Crippen LogP contribution in [0.4, 0.5) is 5.69 Å². The Labute approximate surface area is 79.2 Å². The molecule has 0 aromatic heterocycles. The molecule has 0 amide bonds. The predicted octanol–water partition coefficient (Wildman–Crippen LogP) is 1.84. The lowest BCUT2D eigenvalue weighted by atomic mass is 10.3. The third-order valence-electron chi connectivity index (χ3n) is 1.11. The van der Waals surface area contributed by atoms with Gasteiger partial charge in [-0.2, -0.15) is 0 Å². The zero-order valence-electron chi connectivity index (χ0n) is 8.99. The van der Waals surface area contributed by atoms with Gasteiger partial charge in [0, 0.05) is 10.7 Å². The molecule has 0 aliphatic heterocycles. The van der Waals surface area contributed by atoms with Crippen LogP contribution in [0, 0.1) is 0 Å². The fraction of sp³-hybridized carbons (Fsp3) is 0.125. The van der Waals surface area contributed by atoms with E-state index in [1.807, 2.05) is 0 Å². The predicted molar refractivity (Wildman–Crippen MR) is 47.6 cm³/mol. The number of anilines is 1. The highest BCUT2D eigenvalue weighted by Gasteiger charge is 1.95. The molecule has 1 aromatic carbocycles. The minimum atomic E-state index is -2.77. The van der Waals surface area contributed by atoms with Crippen molar-refractivity contribution in [2.24, 2.45) is 0 Å². The highest BCUT2D eigenvalue weighted by Crippen LogP contribution is 2.12. The molecule has 0 heterocycles. The Kier molecular flexibility index (Phi) is 1.80. The van der Waals surface area contributed by atoms with Crippen LogP contribution in [0.1, 0.15) is 2.74 Å². The molecule has 2 N–H and O–H groups in total. The lowest BCUT2D eigenvalue weighted by Gasteiger charge is -2.01. The van der Waals surface area contributed by atoms with E-state index < -0.39 is 12.5 Å². The molecule has 0 fully saturated rings. The molecule has 0 unspecified atom stereocenters. The molecule has 1 aromatic rings. The maximum Gasteiger partial charge on any atom is 0.322 e. The molecule has 0 saturated heterocycles. The first-order chi connectivity index (χ1) is 6.85. The van der Waals surface area contributed by atoms with Gasteiger partial charge in [-0.1, -0.05) is 11.6 Å². The molecule has 0 aliphatic carbocycles. The number of benzene rings is 1. The fourth-order valence-electron chi connectivity index (χ4n) is 0.628. The average molecular weight is 189 g/mol. The van der Waals surface area contributed by atoms with Crippen molar-refractivity contribution in [1.82, 2.24) is 0 Å². The molecule has 0 saturated carbocycles. The van der Waals surface area contributed by atoms with Crippen molar-refractivity contribution in [2.45, 2.75) is 0 Å². The van der Waals surface area contributed by atoms with Crippen molar-refractivity contribution < 1.29 is 14.1 Å². The number of halogens is 1. The van der Waals surface area contributed by atoms with Crippen molar-refractivity contribution in [3.05, 3.63) is 29.3 Å². The number of rotatable bonds is 3. The second-order valence-corrected chi connectivity index (χ2v) is 2.44. The molecule has 0 radical (unpaired) electrons. The van der Waals surface area contributed by atoms with Crippen LogP contribution in [0.2, 0.25) is 6.43 Å². The quantitative estimate of drug-likeness (QED) is 0.761. The molecule has 12 heavy (non-hydrogen) atoms. The summed E-state index contributed by atoms with van der Waals surface area (Å²) in [5.41, 5.74) is 0.117. The first-order valence-electron chi connectivity index (χ1n) is 4.58. The van der Waals surface area contributed by atoms with Gasteiger partial charge in [0.15, 0.2) is 1.41 Å². The van der Waals surface area contributed by atoms with Gasteiger partial charge >= 0.3 is 5.97 Å². The molecular weight excluding hydrogens is 178 g/mol. The summed E-state index contributed by atoms with van der Waals surface area (Å²) < 4.78 is 21.7. The summed E-state index contributed by atoms with van der Waals surface area (Å²) in [6.07, 6.45) is 0. The topological polar surface area (TPSA) is 49.3 Å². The Morgan fingerprint density at radius 3 is 2.75 bits per heavy atom. The van der Waals surface area contributed by atoms with Gasteiger partial charge in [0.2, 0.25) is 0 Å². The highest BCUT2D eigenvalue weighted by molar-refractivity contribution is 6.30. The van der Waals surface area contributed by atoms with Gasteiger partial charge in [-0.15, -0.1) is 0 Å². The number of carboxylic acids is 1. The van der Waals surface area contributed by atoms with Gasteiger partial charge in [0.05, 0.1) is 2.74 Å². The van der Waals surface area contributed by atoms with Crippen molar-refractivity contribution in [1.29, 1.82) is 0 Å². The molecule has 64 valence electrons. The second-order valence-electron chi connectivity index (χ2n) is 2.01. The Balaban J connectivity index is 2.99. The van der Waals surface area contributed by atoms with Gasteiger partial charge in [0.25, 0.3) is 0 Å². The second kappa shape index (κ2) is 3.97. The molecule has 0 bridgehead atoms. The van der Waals surface area contributed by atoms with Crippen LogP contribution in [-0.4, -0.2) is 17.6 Å². The molecule has 0 spiro atoms. The summed E-state index contributed by atoms with van der Waals surface area (Å²) in [6.45, 7) is -2.77. The van der Waals surface area contributed by atoms with Crippen LogP contribution >= 0.6 is 11.6 Å². The summed E-state index contributed by atoms with van der Waals surface area (Å²) in [5.74, 6) is -1.72. The number of nitrogens with one attached hydrogen (secondary N) is 1. The minimum Gasteiger partial charge on any atom is -0.480 e. The van der Waals surface area contributed by atoms with E-state index >= 15 is 0 Å². The molecule has 1 rings (SSSR count). The largest absolute Gasteiger partial charge is 0.480 e. The summed E-state index contributed by atoms with van der Waals surface area (Å²) in [7, 11) is 0. The van der Waals surface area contributed by atoms with Gasteiger partial charge in [-0.25, -0.2) is 0 Å². The third-order valence-corrected chi connectivity index (χ3v) is 1.36. The van der Waals surface area contributed by atoms with Gasteiger partial charge < -0.3 is 10.4 Å². The van der Waals surface area contributed by atoms with Crippen LogP contribution in [0.25, 0.3) is 0 Å². The lowest BCUT2D eigenvalue weighted by Crippen LogP contribution is -2.11. The Morgan fingerprint density at radius 1 is 1.67 bits per heavy atom. The number of hydrogen-bond donors (Lipinski definition) is 2. The molecular formula is C8H8ClNO2. The average Bonchev–Trinajstić information content (AvgIpc) is 2.17. The molecule has 3 nitrogen and oxygen atoms in total. The van der Waals surface area contributed by atoms with Crippen LogP contribution in [-0.2, 0) is 4.79 Å². The normalized spacial score (nSPS) is 14.2. The first-order valence-corrected chi connectivity index (χ1v) is 3.51. The van der Waals surface area contributed by atoms with E-state index in [4.69, 9.17) is 20.9 Å². The zero-order valence-corrected chi connectivity index (χ0v) is 6.75. The number of carbonyl (C=O) groups is 1. The van der Waals surface area contributed by atoms with Crippen LogP contribution in [0.5, 0.6) is 0 Å². The summed E-state index contributed by atoms with van der Waals surface area (Å²) >= 11 is 5.60. The van der Waals surface area contributed by atoms with Gasteiger partial charge in [-0.05, 0) is 24.3 Å². The standard InChI is InChI=1S/C8H8ClNO2/c9-6-1-3-7(4-2-6)10-5-8(11)12/h1-4,10H,5H2,(H,11,12)/i5D2/hD. The first kappa shape index (κ1) is 5.43. The van der Waals surface area contributed by atoms with E-state index in [9.17, 15) is 4.79 Å². The van der Waals surface area contributed by atoms with E-state index in [1.54, 1.807) is 0 Å². The lowest BCUT2D eigenvalue weighted by molar-refractivity contribution is -0.134. The molecule has 4 heteroatoms. The number of aliphatic carboxylic acids is 1. The number of hydrogen-bond acceptors (Lipinski definition) is 2. The maximum absolute atomic E-state index is 10.5. The highest BCUT2D eigenvalue weighted by atomic mass is 35.5. The van der Waals surface area contributed by atoms with Gasteiger partial charge in [-0.3, -0.25) is 4.79 Å². The summed E-state index contributed by atoms with van der Waals surface area (Å²) in [4.78, 5) is 10.5. The SMILES string of the molecule is [2H]N(c1ccc(Cl)cc1)C([2H])([2H])C(=O)O. The van der Waals surface area contributed by atoms with E-state index in [0.717, 1.165) is 0 Å². The van der Waals surface area contributed by atoms with Crippen molar-refractivity contribution in [3.8, 4) is 0 Å².